The van der Waals surface area contributed by atoms with E-state index in [4.69, 9.17) is 21.1 Å². The van der Waals surface area contributed by atoms with Crippen molar-refractivity contribution in [3.63, 3.8) is 0 Å². The van der Waals surface area contributed by atoms with Gasteiger partial charge in [-0.3, -0.25) is 4.79 Å². The van der Waals surface area contributed by atoms with Gasteiger partial charge in [-0.05, 0) is 31.5 Å². The second-order valence-corrected chi connectivity index (χ2v) is 6.75. The van der Waals surface area contributed by atoms with Crippen LogP contribution in [0.3, 0.4) is 0 Å². The van der Waals surface area contributed by atoms with E-state index < -0.39 is 5.91 Å². The summed E-state index contributed by atoms with van der Waals surface area (Å²) in [5.74, 6) is 0.687. The smallest absolute Gasteiger partial charge is 0.277 e. The monoisotopic (exact) mass is 426 g/mol. The van der Waals surface area contributed by atoms with E-state index in [1.165, 1.54) is 6.21 Å². The van der Waals surface area contributed by atoms with E-state index in [2.05, 4.69) is 15.6 Å². The van der Waals surface area contributed by atoms with Crippen molar-refractivity contribution >= 4 is 23.7 Å². The molecule has 0 saturated heterocycles. The molecular weight excluding hydrogens is 404 g/mol. The number of hydrazone groups is 1. The number of benzene rings is 2. The second kappa shape index (κ2) is 10.5. The number of amides is 1. The van der Waals surface area contributed by atoms with Crippen LogP contribution in [0.4, 0.5) is 0 Å². The van der Waals surface area contributed by atoms with Gasteiger partial charge in [-0.25, -0.2) is 10.1 Å². The van der Waals surface area contributed by atoms with Crippen LogP contribution in [-0.4, -0.2) is 35.1 Å². The van der Waals surface area contributed by atoms with Gasteiger partial charge in [-0.15, -0.1) is 0 Å². The highest BCUT2D eigenvalue weighted by Crippen LogP contribution is 2.26. The predicted molar refractivity (Wildman–Crippen MR) is 116 cm³/mol. The molecule has 3 aromatic rings. The number of carbonyl (C=O) groups excluding carboxylic acids is 1. The summed E-state index contributed by atoms with van der Waals surface area (Å²) in [5, 5.41) is 8.88. The fourth-order valence-electron chi connectivity index (χ4n) is 2.76. The number of carbonyl (C=O) groups is 1. The Labute approximate surface area is 180 Å². The van der Waals surface area contributed by atoms with Gasteiger partial charge in [0, 0.05) is 0 Å². The van der Waals surface area contributed by atoms with Crippen LogP contribution in [0, 0.1) is 6.92 Å². The third kappa shape index (κ3) is 5.61. The van der Waals surface area contributed by atoms with Gasteiger partial charge in [-0.1, -0.05) is 54.1 Å². The van der Waals surface area contributed by atoms with Crippen LogP contribution >= 0.6 is 11.6 Å². The summed E-state index contributed by atoms with van der Waals surface area (Å²) in [5.41, 5.74) is 4.89. The Hall–Kier alpha value is -3.32. The van der Waals surface area contributed by atoms with Crippen molar-refractivity contribution in [2.24, 2.45) is 5.10 Å². The lowest BCUT2D eigenvalue weighted by molar-refractivity contribution is -0.123. The van der Waals surface area contributed by atoms with Crippen molar-refractivity contribution in [2.45, 2.75) is 20.4 Å². The molecule has 0 bridgehead atoms. The van der Waals surface area contributed by atoms with Crippen molar-refractivity contribution in [1.82, 2.24) is 15.2 Å². The van der Waals surface area contributed by atoms with Crippen LogP contribution in [0.15, 0.2) is 59.7 Å². The third-order valence-electron chi connectivity index (χ3n) is 4.18. The molecule has 0 aliphatic carbocycles. The maximum Gasteiger partial charge on any atom is 0.277 e. The zero-order valence-electron chi connectivity index (χ0n) is 16.8. The molecule has 0 aliphatic heterocycles. The van der Waals surface area contributed by atoms with Gasteiger partial charge in [0.25, 0.3) is 5.91 Å². The maximum atomic E-state index is 12.0. The van der Waals surface area contributed by atoms with Gasteiger partial charge < -0.3 is 9.47 Å². The molecule has 156 valence electrons. The van der Waals surface area contributed by atoms with E-state index in [-0.39, 0.29) is 6.61 Å². The van der Waals surface area contributed by atoms with Crippen LogP contribution < -0.4 is 14.9 Å². The van der Waals surface area contributed by atoms with Crippen LogP contribution in [0.25, 0.3) is 0 Å². The molecule has 0 atom stereocenters. The van der Waals surface area contributed by atoms with Crippen LogP contribution in [0.2, 0.25) is 5.15 Å². The summed E-state index contributed by atoms with van der Waals surface area (Å²) in [4.78, 5) is 12.0. The van der Waals surface area contributed by atoms with Crippen molar-refractivity contribution in [1.29, 1.82) is 0 Å². The summed E-state index contributed by atoms with van der Waals surface area (Å²) in [6.07, 6.45) is 1.48. The number of aromatic nitrogens is 2. The molecule has 1 N–H and O–H groups in total. The molecule has 0 radical (unpaired) electrons. The summed E-state index contributed by atoms with van der Waals surface area (Å²) in [7, 11) is 0. The minimum absolute atomic E-state index is 0.193. The molecule has 0 saturated carbocycles. The van der Waals surface area contributed by atoms with Gasteiger partial charge in [-0.2, -0.15) is 10.2 Å². The number of rotatable bonds is 9. The maximum absolute atomic E-state index is 12.0. The first-order valence-electron chi connectivity index (χ1n) is 9.51. The molecule has 1 heterocycles. The van der Waals surface area contributed by atoms with Gasteiger partial charge in [0.05, 0.1) is 30.6 Å². The minimum atomic E-state index is -0.400. The number of hydrogen-bond donors (Lipinski definition) is 1. The Morgan fingerprint density at radius 3 is 2.50 bits per heavy atom. The van der Waals surface area contributed by atoms with E-state index in [9.17, 15) is 4.79 Å². The number of halogens is 1. The Balaban J connectivity index is 1.57. The van der Waals surface area contributed by atoms with Crippen LogP contribution in [0.1, 0.15) is 23.7 Å². The Morgan fingerprint density at radius 2 is 1.80 bits per heavy atom. The fraction of sp³-hybridized carbons (Fsp3) is 0.227. The first-order chi connectivity index (χ1) is 14.6. The van der Waals surface area contributed by atoms with Gasteiger partial charge >= 0.3 is 0 Å². The lowest BCUT2D eigenvalue weighted by atomic mass is 10.2. The van der Waals surface area contributed by atoms with Crippen molar-refractivity contribution in [2.75, 3.05) is 13.2 Å². The summed E-state index contributed by atoms with van der Waals surface area (Å²) < 4.78 is 12.7. The second-order valence-electron chi connectivity index (χ2n) is 6.39. The largest absolute Gasteiger partial charge is 0.490 e. The zero-order valence-corrected chi connectivity index (χ0v) is 17.6. The highest BCUT2D eigenvalue weighted by atomic mass is 35.5. The standard InChI is InChI=1S/C22H23ClN4O3/c1-3-29-19-11-7-8-12-20(19)30-15-21(28)25-24-13-18-16(2)26-27(22(18)23)14-17-9-5-4-6-10-17/h4-13H,3,14-15H2,1-2H3,(H,25,28)/b24-13-. The Kier molecular flexibility index (Phi) is 7.45. The molecule has 0 aliphatic rings. The number of hydrogen-bond acceptors (Lipinski definition) is 5. The number of ether oxygens (including phenoxy) is 2. The number of nitrogens with zero attached hydrogens (tertiary/aromatic N) is 3. The first-order valence-corrected chi connectivity index (χ1v) is 9.89. The highest BCUT2D eigenvalue weighted by Gasteiger charge is 2.12. The van der Waals surface area contributed by atoms with E-state index in [0.717, 1.165) is 11.3 Å². The van der Waals surface area contributed by atoms with E-state index in [1.54, 1.807) is 16.8 Å². The average Bonchev–Trinajstić information content (AvgIpc) is 3.01. The van der Waals surface area contributed by atoms with Gasteiger partial charge in [0.15, 0.2) is 18.1 Å². The molecule has 1 amide bonds. The van der Waals surface area contributed by atoms with Crippen molar-refractivity contribution < 1.29 is 14.3 Å². The number of nitrogens with one attached hydrogen (secondary N) is 1. The van der Waals surface area contributed by atoms with E-state index in [1.807, 2.05) is 56.3 Å². The first kappa shape index (κ1) is 21.4. The Morgan fingerprint density at radius 1 is 1.13 bits per heavy atom. The van der Waals surface area contributed by atoms with E-state index in [0.29, 0.717) is 35.4 Å². The lowest BCUT2D eigenvalue weighted by Gasteiger charge is -2.10. The van der Waals surface area contributed by atoms with E-state index >= 15 is 0 Å². The quantitative estimate of drug-likeness (QED) is 0.416. The molecule has 0 unspecified atom stereocenters. The van der Waals surface area contributed by atoms with Gasteiger partial charge in [0.1, 0.15) is 5.15 Å². The summed E-state index contributed by atoms with van der Waals surface area (Å²) >= 11 is 6.44. The highest BCUT2D eigenvalue weighted by molar-refractivity contribution is 6.32. The summed E-state index contributed by atoms with van der Waals surface area (Å²) in [6.45, 7) is 4.59. The van der Waals surface area contributed by atoms with Crippen molar-refractivity contribution in [3.8, 4) is 11.5 Å². The lowest BCUT2D eigenvalue weighted by Crippen LogP contribution is -2.24. The topological polar surface area (TPSA) is 77.7 Å². The zero-order chi connectivity index (χ0) is 21.3. The molecule has 0 spiro atoms. The predicted octanol–water partition coefficient (Wildman–Crippen LogP) is 3.82. The summed E-state index contributed by atoms with van der Waals surface area (Å²) in [6, 6.07) is 17.1. The van der Waals surface area contributed by atoms with Crippen LogP contribution in [0.5, 0.6) is 11.5 Å². The molecule has 2 aromatic carbocycles. The molecule has 0 fully saturated rings. The number of para-hydroxylation sites is 2. The molecule has 3 rings (SSSR count). The molecule has 1 aromatic heterocycles. The minimum Gasteiger partial charge on any atom is -0.490 e. The molecular formula is C22H23ClN4O3. The SMILES string of the molecule is CCOc1ccccc1OCC(=O)N/N=C\c1c(C)nn(Cc2ccccc2)c1Cl. The fourth-order valence-corrected chi connectivity index (χ4v) is 3.05. The average molecular weight is 427 g/mol. The van der Waals surface area contributed by atoms with Crippen LogP contribution in [-0.2, 0) is 11.3 Å². The molecule has 7 nitrogen and oxygen atoms in total. The van der Waals surface area contributed by atoms with Gasteiger partial charge in [0.2, 0.25) is 0 Å². The third-order valence-corrected chi connectivity index (χ3v) is 4.57. The Bertz CT molecular complexity index is 1020. The molecule has 30 heavy (non-hydrogen) atoms. The van der Waals surface area contributed by atoms with Crippen molar-refractivity contribution in [3.05, 3.63) is 76.6 Å². The number of aryl methyl sites for hydroxylation is 1. The molecule has 8 heteroatoms. The normalized spacial score (nSPS) is 10.9.